The monoisotopic (exact) mass is 825 g/mol. The van der Waals surface area contributed by atoms with Crippen LogP contribution < -0.4 is 0 Å². The number of rotatable bonds is 9. The standard InChI is InChI=1S/C57H43N7/c1-36-19-11-13-27-44(36)55-62-54(63-56(64-55)45-28-14-12-20-37(45)2)43-26-17-25-42(35-43)47-31-18-32-49(51(47)46-34-33-38(3)58-39(46)4)48-29-15-16-30-50(48)57-60-52(40-21-7-5-8-22-40)59-53(61-57)41-23-9-6-10-24-41/h5-35H,1-4H3. The minimum Gasteiger partial charge on any atom is -0.258 e. The number of pyridine rings is 1. The molecular weight excluding hydrogens is 783 g/mol. The molecule has 7 aromatic carbocycles. The van der Waals surface area contributed by atoms with Gasteiger partial charge in [-0.3, -0.25) is 4.98 Å². The molecule has 7 nitrogen and oxygen atoms in total. The van der Waals surface area contributed by atoms with Gasteiger partial charge in [0.1, 0.15) is 0 Å². The first-order valence-corrected chi connectivity index (χ1v) is 21.4. The summed E-state index contributed by atoms with van der Waals surface area (Å²) < 4.78 is 0. The van der Waals surface area contributed by atoms with Crippen LogP contribution >= 0.6 is 0 Å². The van der Waals surface area contributed by atoms with E-state index in [-0.39, 0.29) is 0 Å². The van der Waals surface area contributed by atoms with Gasteiger partial charge < -0.3 is 0 Å². The van der Waals surface area contributed by atoms with E-state index in [1.165, 1.54) is 0 Å². The molecule has 0 saturated heterocycles. The van der Waals surface area contributed by atoms with Crippen LogP contribution in [0.2, 0.25) is 0 Å². The summed E-state index contributed by atoms with van der Waals surface area (Å²) in [4.78, 5) is 35.6. The van der Waals surface area contributed by atoms with Crippen molar-refractivity contribution in [3.63, 3.8) is 0 Å². The highest BCUT2D eigenvalue weighted by atomic mass is 15.0. The van der Waals surface area contributed by atoms with Crippen molar-refractivity contribution in [3.8, 4) is 102 Å². The second kappa shape index (κ2) is 17.2. The molecule has 0 N–H and O–H groups in total. The summed E-state index contributed by atoms with van der Waals surface area (Å²) in [6.07, 6.45) is 0. The van der Waals surface area contributed by atoms with E-state index < -0.39 is 0 Å². The van der Waals surface area contributed by atoms with Gasteiger partial charge in [-0.1, -0.05) is 176 Å². The van der Waals surface area contributed by atoms with Gasteiger partial charge in [-0.15, -0.1) is 0 Å². The van der Waals surface area contributed by atoms with Gasteiger partial charge in [0.05, 0.1) is 0 Å². The van der Waals surface area contributed by atoms with Crippen molar-refractivity contribution in [2.45, 2.75) is 27.7 Å². The summed E-state index contributed by atoms with van der Waals surface area (Å²) in [5.74, 6) is 3.68. The van der Waals surface area contributed by atoms with Crippen molar-refractivity contribution in [2.75, 3.05) is 0 Å². The molecule has 10 aromatic rings. The Morgan fingerprint density at radius 3 is 1.23 bits per heavy atom. The maximum atomic E-state index is 5.16. The van der Waals surface area contributed by atoms with E-state index in [1.807, 2.05) is 97.9 Å². The Morgan fingerprint density at radius 1 is 0.250 bits per heavy atom. The molecule has 0 bridgehead atoms. The summed E-state index contributed by atoms with van der Waals surface area (Å²) in [7, 11) is 0. The third kappa shape index (κ3) is 7.87. The second-order valence-corrected chi connectivity index (χ2v) is 15.9. The normalized spacial score (nSPS) is 11.1. The van der Waals surface area contributed by atoms with Crippen LogP contribution in [0.25, 0.3) is 102 Å². The molecule has 0 spiro atoms. The number of benzene rings is 7. The van der Waals surface area contributed by atoms with Crippen LogP contribution in [0.3, 0.4) is 0 Å². The second-order valence-electron chi connectivity index (χ2n) is 15.9. The van der Waals surface area contributed by atoms with Gasteiger partial charge in [-0.25, -0.2) is 29.9 Å². The smallest absolute Gasteiger partial charge is 0.164 e. The van der Waals surface area contributed by atoms with E-state index in [4.69, 9.17) is 34.9 Å². The highest BCUT2D eigenvalue weighted by Crippen LogP contribution is 2.44. The lowest BCUT2D eigenvalue weighted by molar-refractivity contribution is 1.07. The van der Waals surface area contributed by atoms with E-state index in [1.54, 1.807) is 0 Å². The topological polar surface area (TPSA) is 90.2 Å². The van der Waals surface area contributed by atoms with Gasteiger partial charge in [0.25, 0.3) is 0 Å². The van der Waals surface area contributed by atoms with Gasteiger partial charge in [0.15, 0.2) is 34.9 Å². The molecule has 3 heterocycles. The summed E-state index contributed by atoms with van der Waals surface area (Å²) in [5.41, 5.74) is 15.8. The van der Waals surface area contributed by atoms with Gasteiger partial charge in [0, 0.05) is 50.3 Å². The largest absolute Gasteiger partial charge is 0.258 e. The zero-order valence-corrected chi connectivity index (χ0v) is 36.0. The maximum Gasteiger partial charge on any atom is 0.164 e. The Balaban J connectivity index is 1.17. The van der Waals surface area contributed by atoms with Crippen LogP contribution in [0.15, 0.2) is 188 Å². The molecule has 0 fully saturated rings. The Morgan fingerprint density at radius 2 is 0.656 bits per heavy atom. The van der Waals surface area contributed by atoms with Crippen molar-refractivity contribution < 1.29 is 0 Å². The predicted octanol–water partition coefficient (Wildman–Crippen LogP) is 13.7. The quantitative estimate of drug-likeness (QED) is 0.143. The van der Waals surface area contributed by atoms with E-state index in [9.17, 15) is 0 Å². The molecular formula is C57H43N7. The predicted molar refractivity (Wildman–Crippen MR) is 259 cm³/mol. The molecule has 10 rings (SSSR count). The van der Waals surface area contributed by atoms with E-state index >= 15 is 0 Å². The first kappa shape index (κ1) is 39.8. The van der Waals surface area contributed by atoms with Crippen LogP contribution in [-0.2, 0) is 0 Å². The van der Waals surface area contributed by atoms with Crippen LogP contribution in [0, 0.1) is 27.7 Å². The molecule has 3 aromatic heterocycles. The number of hydrogen-bond acceptors (Lipinski definition) is 7. The highest BCUT2D eigenvalue weighted by Gasteiger charge is 2.22. The average molecular weight is 826 g/mol. The Labute approximate surface area is 373 Å². The van der Waals surface area contributed by atoms with Crippen LogP contribution in [0.5, 0.6) is 0 Å². The fraction of sp³-hybridized carbons (Fsp3) is 0.0702. The van der Waals surface area contributed by atoms with Gasteiger partial charge in [0.2, 0.25) is 0 Å². The van der Waals surface area contributed by atoms with Gasteiger partial charge >= 0.3 is 0 Å². The maximum absolute atomic E-state index is 5.16. The molecule has 0 aliphatic heterocycles. The number of hydrogen-bond donors (Lipinski definition) is 0. The number of aryl methyl sites for hydroxylation is 4. The third-order valence-electron chi connectivity index (χ3n) is 11.6. The van der Waals surface area contributed by atoms with Crippen LogP contribution in [0.4, 0.5) is 0 Å². The van der Waals surface area contributed by atoms with Crippen molar-refractivity contribution in [1.82, 2.24) is 34.9 Å². The first-order valence-electron chi connectivity index (χ1n) is 21.4. The summed E-state index contributed by atoms with van der Waals surface area (Å²) >= 11 is 0. The van der Waals surface area contributed by atoms with E-state index in [2.05, 4.69) is 118 Å². The molecule has 0 radical (unpaired) electrons. The van der Waals surface area contributed by atoms with Crippen molar-refractivity contribution >= 4 is 0 Å². The zero-order valence-electron chi connectivity index (χ0n) is 36.0. The molecule has 0 atom stereocenters. The zero-order chi connectivity index (χ0) is 43.6. The van der Waals surface area contributed by atoms with Crippen LogP contribution in [0.1, 0.15) is 22.5 Å². The summed E-state index contributed by atoms with van der Waals surface area (Å²) in [6, 6.07) is 64.3. The third-order valence-corrected chi connectivity index (χ3v) is 11.6. The van der Waals surface area contributed by atoms with Crippen LogP contribution in [-0.4, -0.2) is 34.9 Å². The summed E-state index contributed by atoms with van der Waals surface area (Å²) in [5, 5.41) is 0. The van der Waals surface area contributed by atoms with Crippen molar-refractivity contribution in [2.24, 2.45) is 0 Å². The van der Waals surface area contributed by atoms with Gasteiger partial charge in [-0.2, -0.15) is 0 Å². The Hall–Kier alpha value is -8.29. The summed E-state index contributed by atoms with van der Waals surface area (Å²) in [6.45, 7) is 8.29. The molecule has 0 aliphatic rings. The lowest BCUT2D eigenvalue weighted by atomic mass is 9.85. The fourth-order valence-corrected chi connectivity index (χ4v) is 8.32. The Bertz CT molecular complexity index is 3210. The first-order chi connectivity index (χ1) is 31.4. The average Bonchev–Trinajstić information content (AvgIpc) is 3.34. The molecule has 306 valence electrons. The lowest BCUT2D eigenvalue weighted by Crippen LogP contribution is -2.02. The number of nitrogens with zero attached hydrogens (tertiary/aromatic N) is 7. The van der Waals surface area contributed by atoms with Crippen molar-refractivity contribution in [1.29, 1.82) is 0 Å². The van der Waals surface area contributed by atoms with E-state index in [0.717, 1.165) is 89.3 Å². The molecule has 0 amide bonds. The molecule has 7 heteroatoms. The highest BCUT2D eigenvalue weighted by molar-refractivity contribution is 5.99. The lowest BCUT2D eigenvalue weighted by Gasteiger charge is -2.20. The minimum absolute atomic E-state index is 0.587. The molecule has 0 unspecified atom stereocenters. The molecule has 0 saturated carbocycles. The molecule has 64 heavy (non-hydrogen) atoms. The Kier molecular flexibility index (Phi) is 10.7. The SMILES string of the molecule is Cc1ccc(-c2c(-c3cccc(-c4nc(-c5ccccc5C)nc(-c5ccccc5C)n4)c3)cccc2-c2ccccc2-c2nc(-c3ccccc3)nc(-c3ccccc3)n2)c(C)n1. The van der Waals surface area contributed by atoms with Crippen molar-refractivity contribution in [3.05, 3.63) is 211 Å². The fourth-order valence-electron chi connectivity index (χ4n) is 8.32. The molecule has 0 aliphatic carbocycles. The van der Waals surface area contributed by atoms with Gasteiger partial charge in [-0.05, 0) is 78.8 Å². The minimum atomic E-state index is 0.587. The number of aromatic nitrogens is 7. The van der Waals surface area contributed by atoms with E-state index in [0.29, 0.717) is 34.9 Å².